The van der Waals surface area contributed by atoms with Gasteiger partial charge in [-0.2, -0.15) is 0 Å². The Balaban J connectivity index is 1.99. The number of hydrogen-bond acceptors (Lipinski definition) is 5. The molecule has 1 aliphatic rings. The van der Waals surface area contributed by atoms with Crippen LogP contribution in [0.4, 0.5) is 0 Å². The van der Waals surface area contributed by atoms with E-state index in [4.69, 9.17) is 11.6 Å². The maximum Gasteiger partial charge on any atom is 0.344 e. The Morgan fingerprint density at radius 2 is 2.20 bits per heavy atom. The molecule has 0 saturated heterocycles. The predicted octanol–water partition coefficient (Wildman–Crippen LogP) is 2.37. The van der Waals surface area contributed by atoms with Gasteiger partial charge < -0.3 is 0 Å². The van der Waals surface area contributed by atoms with Crippen molar-refractivity contribution in [2.45, 2.75) is 49.3 Å². The van der Waals surface area contributed by atoms with E-state index in [0.717, 1.165) is 23.4 Å². The molecular weight excluding hydrogens is 298 g/mol. The molecule has 0 spiro atoms. The fraction of sp³-hybridized carbons (Fsp3) is 0.500. The molecule has 2 aromatic heterocycles. The standard InChI is InChI=1S/C12H14ClN5OS/c1-3-8-14-9(13)6(2)10(15-8)20-12-17-16-11(19)18(12)7-4-5-7/h7H,3-5H2,1-2H3,(H,16,19). The van der Waals surface area contributed by atoms with Gasteiger partial charge >= 0.3 is 5.69 Å². The van der Waals surface area contributed by atoms with E-state index in [1.165, 1.54) is 11.8 Å². The zero-order chi connectivity index (χ0) is 14.3. The summed E-state index contributed by atoms with van der Waals surface area (Å²) in [6.07, 6.45) is 2.76. The monoisotopic (exact) mass is 311 g/mol. The van der Waals surface area contributed by atoms with E-state index in [9.17, 15) is 4.79 Å². The maximum atomic E-state index is 11.8. The number of rotatable bonds is 4. The molecule has 8 heteroatoms. The topological polar surface area (TPSA) is 76.5 Å². The average Bonchev–Trinajstić information content (AvgIpc) is 3.20. The predicted molar refractivity (Wildman–Crippen MR) is 76.4 cm³/mol. The second kappa shape index (κ2) is 5.21. The van der Waals surface area contributed by atoms with Crippen LogP contribution in [0.15, 0.2) is 15.0 Å². The zero-order valence-corrected chi connectivity index (χ0v) is 12.8. The zero-order valence-electron chi connectivity index (χ0n) is 11.2. The van der Waals surface area contributed by atoms with Gasteiger partial charge in [-0.1, -0.05) is 18.5 Å². The molecule has 1 N–H and O–H groups in total. The molecule has 6 nitrogen and oxygen atoms in total. The van der Waals surface area contributed by atoms with Crippen LogP contribution in [0.5, 0.6) is 0 Å². The lowest BCUT2D eigenvalue weighted by molar-refractivity contribution is 0.641. The summed E-state index contributed by atoms with van der Waals surface area (Å²) in [4.78, 5) is 20.4. The second-order valence-electron chi connectivity index (χ2n) is 4.73. The summed E-state index contributed by atoms with van der Waals surface area (Å²) in [6.45, 7) is 3.85. The minimum absolute atomic E-state index is 0.163. The molecule has 1 fully saturated rings. The molecule has 0 aliphatic heterocycles. The SMILES string of the molecule is CCc1nc(Cl)c(C)c(Sc2n[nH]c(=O)n2C2CC2)n1. The Bertz CT molecular complexity index is 706. The van der Waals surface area contributed by atoms with E-state index in [-0.39, 0.29) is 11.7 Å². The van der Waals surface area contributed by atoms with Gasteiger partial charge in [0, 0.05) is 18.0 Å². The van der Waals surface area contributed by atoms with Crippen molar-refractivity contribution in [1.82, 2.24) is 24.7 Å². The van der Waals surface area contributed by atoms with E-state index in [0.29, 0.717) is 22.6 Å². The molecule has 106 valence electrons. The minimum atomic E-state index is -0.163. The molecule has 0 unspecified atom stereocenters. The molecule has 0 bridgehead atoms. The summed E-state index contributed by atoms with van der Waals surface area (Å²) >= 11 is 7.48. The lowest BCUT2D eigenvalue weighted by atomic mass is 10.3. The fourth-order valence-corrected chi connectivity index (χ4v) is 3.11. The molecule has 0 radical (unpaired) electrons. The summed E-state index contributed by atoms with van der Waals surface area (Å²) in [5.74, 6) is 0.693. The van der Waals surface area contributed by atoms with Gasteiger partial charge in [0.1, 0.15) is 16.0 Å². The van der Waals surface area contributed by atoms with Crippen molar-refractivity contribution in [1.29, 1.82) is 0 Å². The lowest BCUT2D eigenvalue weighted by Crippen LogP contribution is -2.16. The quantitative estimate of drug-likeness (QED) is 0.877. The van der Waals surface area contributed by atoms with Gasteiger partial charge in [0.05, 0.1) is 0 Å². The van der Waals surface area contributed by atoms with Crippen molar-refractivity contribution in [3.8, 4) is 0 Å². The van der Waals surface area contributed by atoms with E-state index in [2.05, 4.69) is 20.2 Å². The first-order valence-electron chi connectivity index (χ1n) is 6.48. The van der Waals surface area contributed by atoms with Crippen molar-refractivity contribution in [3.63, 3.8) is 0 Å². The lowest BCUT2D eigenvalue weighted by Gasteiger charge is -2.08. The Morgan fingerprint density at radius 3 is 2.85 bits per heavy atom. The highest BCUT2D eigenvalue weighted by Crippen LogP contribution is 2.38. The largest absolute Gasteiger partial charge is 0.344 e. The van der Waals surface area contributed by atoms with E-state index >= 15 is 0 Å². The second-order valence-corrected chi connectivity index (χ2v) is 6.04. The summed E-state index contributed by atoms with van der Waals surface area (Å²) in [6, 6.07) is 0.270. The molecule has 0 aromatic carbocycles. The normalized spacial score (nSPS) is 14.8. The van der Waals surface area contributed by atoms with E-state index < -0.39 is 0 Å². The van der Waals surface area contributed by atoms with Gasteiger partial charge in [0.25, 0.3) is 0 Å². The summed E-state index contributed by atoms with van der Waals surface area (Å²) in [5, 5.41) is 8.43. The van der Waals surface area contributed by atoms with Crippen LogP contribution in [-0.2, 0) is 6.42 Å². The van der Waals surface area contributed by atoms with Gasteiger partial charge in [0.15, 0.2) is 5.16 Å². The van der Waals surface area contributed by atoms with Crippen molar-refractivity contribution >= 4 is 23.4 Å². The van der Waals surface area contributed by atoms with Crippen LogP contribution >= 0.6 is 23.4 Å². The van der Waals surface area contributed by atoms with Crippen molar-refractivity contribution < 1.29 is 0 Å². The van der Waals surface area contributed by atoms with E-state index in [1.54, 1.807) is 4.57 Å². The van der Waals surface area contributed by atoms with Gasteiger partial charge in [-0.3, -0.25) is 4.57 Å². The Labute approximate surface area is 125 Å². The van der Waals surface area contributed by atoms with Crippen LogP contribution in [0.1, 0.15) is 37.2 Å². The summed E-state index contributed by atoms with van der Waals surface area (Å²) in [7, 11) is 0. The van der Waals surface area contributed by atoms with E-state index in [1.807, 2.05) is 13.8 Å². The van der Waals surface area contributed by atoms with Crippen LogP contribution < -0.4 is 5.69 Å². The van der Waals surface area contributed by atoms with Gasteiger partial charge in [-0.05, 0) is 31.5 Å². The van der Waals surface area contributed by atoms with Gasteiger partial charge in [0.2, 0.25) is 0 Å². The molecular formula is C12H14ClN5OS. The van der Waals surface area contributed by atoms with Crippen molar-refractivity contribution in [2.75, 3.05) is 0 Å². The average molecular weight is 312 g/mol. The van der Waals surface area contributed by atoms with Crippen LogP contribution in [-0.4, -0.2) is 24.7 Å². The number of aromatic nitrogens is 5. The van der Waals surface area contributed by atoms with Crippen LogP contribution in [0, 0.1) is 6.92 Å². The smallest absolute Gasteiger partial charge is 0.267 e. The third-order valence-corrected chi connectivity index (χ3v) is 4.61. The molecule has 1 aliphatic carbocycles. The molecule has 1 saturated carbocycles. The number of H-pyrrole nitrogens is 1. The molecule has 3 rings (SSSR count). The maximum absolute atomic E-state index is 11.8. The van der Waals surface area contributed by atoms with Crippen molar-refractivity contribution in [3.05, 3.63) is 27.0 Å². The third kappa shape index (κ3) is 2.47. The highest BCUT2D eigenvalue weighted by molar-refractivity contribution is 7.99. The van der Waals surface area contributed by atoms with Crippen molar-refractivity contribution in [2.24, 2.45) is 0 Å². The first-order chi connectivity index (χ1) is 9.60. The Morgan fingerprint density at radius 1 is 1.45 bits per heavy atom. The number of nitrogens with one attached hydrogen (secondary N) is 1. The number of aromatic amines is 1. The fourth-order valence-electron chi connectivity index (χ4n) is 1.87. The first kappa shape index (κ1) is 13.6. The molecule has 0 amide bonds. The van der Waals surface area contributed by atoms with Crippen LogP contribution in [0.25, 0.3) is 0 Å². The number of hydrogen-bond donors (Lipinski definition) is 1. The highest BCUT2D eigenvalue weighted by Gasteiger charge is 2.29. The number of nitrogens with zero attached hydrogens (tertiary/aromatic N) is 4. The highest BCUT2D eigenvalue weighted by atomic mass is 35.5. The Kier molecular flexibility index (Phi) is 3.55. The number of halogens is 1. The molecule has 20 heavy (non-hydrogen) atoms. The third-order valence-electron chi connectivity index (χ3n) is 3.18. The molecule has 2 aromatic rings. The summed E-state index contributed by atoms with van der Waals surface area (Å²) < 4.78 is 1.70. The minimum Gasteiger partial charge on any atom is -0.267 e. The molecule has 0 atom stereocenters. The Hall–Kier alpha value is -1.34. The number of aryl methyl sites for hydroxylation is 1. The molecule has 2 heterocycles. The summed E-state index contributed by atoms with van der Waals surface area (Å²) in [5.41, 5.74) is 0.648. The van der Waals surface area contributed by atoms with Crippen LogP contribution in [0.2, 0.25) is 5.15 Å². The van der Waals surface area contributed by atoms with Gasteiger partial charge in [-0.25, -0.2) is 19.9 Å². The first-order valence-corrected chi connectivity index (χ1v) is 7.67. The van der Waals surface area contributed by atoms with Gasteiger partial charge in [-0.15, -0.1) is 5.10 Å². The van der Waals surface area contributed by atoms with Crippen LogP contribution in [0.3, 0.4) is 0 Å².